The lowest BCUT2D eigenvalue weighted by Gasteiger charge is -2.21. The molecule has 1 aliphatic heterocycles. The van der Waals surface area contributed by atoms with Crippen molar-refractivity contribution in [2.45, 2.75) is 45.8 Å². The smallest absolute Gasteiger partial charge is 0.182 e. The number of aryl methyl sites for hydroxylation is 2. The third-order valence-electron chi connectivity index (χ3n) is 5.80. The molecule has 4 aromatic rings. The standard InChI is InChI=1S/C14H10F2N4.C11H18N2O2/c1-7-8(2)20-14-13(19-7)12(17-6-18-14)10-4-3-9(15)5-11(10)16;1-14-7-5-13-9-10(8-12-13)11-4-2-3-6-15-11/h3-6H,1-2H3;8-9,11H,2-7H2,1H3. The molecule has 3 aromatic heterocycles. The minimum Gasteiger partial charge on any atom is -0.383 e. The van der Waals surface area contributed by atoms with Gasteiger partial charge in [-0.25, -0.2) is 28.7 Å². The molecule has 1 aromatic carbocycles. The monoisotopic (exact) mass is 482 g/mol. The van der Waals surface area contributed by atoms with Gasteiger partial charge < -0.3 is 9.47 Å². The van der Waals surface area contributed by atoms with Crippen LogP contribution in [0.1, 0.15) is 42.3 Å². The number of rotatable bonds is 5. The highest BCUT2D eigenvalue weighted by atomic mass is 19.1. The van der Waals surface area contributed by atoms with Gasteiger partial charge in [0.25, 0.3) is 0 Å². The zero-order chi connectivity index (χ0) is 24.8. The number of fused-ring (bicyclic) bond motifs is 1. The van der Waals surface area contributed by atoms with Crippen molar-refractivity contribution >= 4 is 11.2 Å². The van der Waals surface area contributed by atoms with Crippen molar-refractivity contribution in [3.8, 4) is 11.3 Å². The lowest BCUT2D eigenvalue weighted by molar-refractivity contribution is 0.0149. The SMILES string of the molecule is COCCn1cc(C2CCCCO2)cn1.Cc1nc2ncnc(-c3ccc(F)cc3F)c2nc1C. The van der Waals surface area contributed by atoms with Gasteiger partial charge in [-0.1, -0.05) is 0 Å². The molecule has 0 aliphatic carbocycles. The highest BCUT2D eigenvalue weighted by Gasteiger charge is 2.17. The lowest BCUT2D eigenvalue weighted by atomic mass is 10.0. The van der Waals surface area contributed by atoms with Gasteiger partial charge in [0, 0.05) is 37.1 Å². The van der Waals surface area contributed by atoms with Crippen LogP contribution < -0.4 is 0 Å². The predicted octanol–water partition coefficient (Wildman–Crippen LogP) is 4.75. The topological polar surface area (TPSA) is 87.8 Å². The van der Waals surface area contributed by atoms with Crippen molar-refractivity contribution in [3.05, 3.63) is 65.5 Å². The Morgan fingerprint density at radius 3 is 2.69 bits per heavy atom. The van der Waals surface area contributed by atoms with E-state index in [2.05, 4.69) is 31.2 Å². The molecule has 1 fully saturated rings. The Morgan fingerprint density at radius 1 is 1.11 bits per heavy atom. The van der Waals surface area contributed by atoms with E-state index in [1.165, 1.54) is 36.9 Å². The summed E-state index contributed by atoms with van der Waals surface area (Å²) in [5.41, 5.74) is 3.95. The highest BCUT2D eigenvalue weighted by molar-refractivity contribution is 5.86. The molecule has 1 unspecified atom stereocenters. The number of hydrogen-bond donors (Lipinski definition) is 0. The molecule has 8 nitrogen and oxygen atoms in total. The van der Waals surface area contributed by atoms with Gasteiger partial charge in [-0.2, -0.15) is 5.10 Å². The molecule has 35 heavy (non-hydrogen) atoms. The first-order valence-corrected chi connectivity index (χ1v) is 11.5. The number of methoxy groups -OCH3 is 1. The number of nitrogens with zero attached hydrogens (tertiary/aromatic N) is 6. The van der Waals surface area contributed by atoms with Gasteiger partial charge in [0.1, 0.15) is 29.2 Å². The Bertz CT molecular complexity index is 1290. The summed E-state index contributed by atoms with van der Waals surface area (Å²) < 4.78 is 39.5. The average molecular weight is 483 g/mol. The van der Waals surface area contributed by atoms with E-state index < -0.39 is 11.6 Å². The fourth-order valence-corrected chi connectivity index (χ4v) is 3.78. The van der Waals surface area contributed by atoms with E-state index >= 15 is 0 Å². The van der Waals surface area contributed by atoms with Crippen molar-refractivity contribution in [2.24, 2.45) is 0 Å². The largest absolute Gasteiger partial charge is 0.383 e. The molecule has 1 atom stereocenters. The van der Waals surface area contributed by atoms with Crippen LogP contribution >= 0.6 is 0 Å². The Morgan fingerprint density at radius 2 is 1.94 bits per heavy atom. The summed E-state index contributed by atoms with van der Waals surface area (Å²) in [6.45, 7) is 6.02. The zero-order valence-corrected chi connectivity index (χ0v) is 20.0. The molecule has 4 heterocycles. The first-order chi connectivity index (χ1) is 17.0. The van der Waals surface area contributed by atoms with Crippen LogP contribution in [0.5, 0.6) is 0 Å². The minimum atomic E-state index is -0.690. The molecule has 0 N–H and O–H groups in total. The van der Waals surface area contributed by atoms with Crippen molar-refractivity contribution in [2.75, 3.05) is 20.3 Å². The molecule has 5 rings (SSSR count). The van der Waals surface area contributed by atoms with Gasteiger partial charge in [0.15, 0.2) is 5.65 Å². The first kappa shape index (κ1) is 24.7. The van der Waals surface area contributed by atoms with E-state index in [0.29, 0.717) is 23.5 Å². The van der Waals surface area contributed by atoms with Gasteiger partial charge in [-0.05, 0) is 45.2 Å². The highest BCUT2D eigenvalue weighted by Crippen LogP contribution is 2.28. The number of halogens is 2. The van der Waals surface area contributed by atoms with Crippen LogP contribution in [0.4, 0.5) is 8.78 Å². The Balaban J connectivity index is 0.000000172. The summed E-state index contributed by atoms with van der Waals surface area (Å²) in [4.78, 5) is 16.8. The second-order valence-corrected chi connectivity index (χ2v) is 8.30. The molecule has 0 saturated carbocycles. The Hall–Kier alpha value is -3.37. The van der Waals surface area contributed by atoms with Crippen LogP contribution in [0.2, 0.25) is 0 Å². The average Bonchev–Trinajstić information content (AvgIpc) is 3.33. The maximum absolute atomic E-state index is 13.9. The van der Waals surface area contributed by atoms with E-state index in [-0.39, 0.29) is 11.7 Å². The number of benzene rings is 1. The van der Waals surface area contributed by atoms with E-state index in [9.17, 15) is 8.78 Å². The summed E-state index contributed by atoms with van der Waals surface area (Å²) in [5, 5.41) is 4.29. The molecule has 0 spiro atoms. The van der Waals surface area contributed by atoms with Crippen molar-refractivity contribution in [3.63, 3.8) is 0 Å². The number of ether oxygens (including phenoxy) is 2. The van der Waals surface area contributed by atoms with E-state index in [1.807, 2.05) is 17.8 Å². The zero-order valence-electron chi connectivity index (χ0n) is 20.0. The summed E-state index contributed by atoms with van der Waals surface area (Å²) in [6.07, 6.45) is 9.10. The minimum absolute atomic E-state index is 0.177. The predicted molar refractivity (Wildman–Crippen MR) is 127 cm³/mol. The van der Waals surface area contributed by atoms with Crippen molar-refractivity contribution in [1.82, 2.24) is 29.7 Å². The van der Waals surface area contributed by atoms with E-state index in [1.54, 1.807) is 14.0 Å². The third-order valence-corrected chi connectivity index (χ3v) is 5.80. The number of hydrogen-bond acceptors (Lipinski definition) is 7. The van der Waals surface area contributed by atoms with Gasteiger partial charge in [-0.3, -0.25) is 4.68 Å². The molecule has 0 radical (unpaired) electrons. The number of aromatic nitrogens is 6. The van der Waals surface area contributed by atoms with E-state index in [4.69, 9.17) is 9.47 Å². The molecule has 0 bridgehead atoms. The fourth-order valence-electron chi connectivity index (χ4n) is 3.78. The van der Waals surface area contributed by atoms with Crippen LogP contribution in [-0.4, -0.2) is 50.0 Å². The molecular weight excluding hydrogens is 454 g/mol. The molecule has 10 heteroatoms. The first-order valence-electron chi connectivity index (χ1n) is 11.5. The van der Waals surface area contributed by atoms with Gasteiger partial charge in [0.2, 0.25) is 0 Å². The summed E-state index contributed by atoms with van der Waals surface area (Å²) in [5.74, 6) is -1.33. The van der Waals surface area contributed by atoms with Crippen molar-refractivity contribution < 1.29 is 18.3 Å². The maximum atomic E-state index is 13.9. The quantitative estimate of drug-likeness (QED) is 0.406. The van der Waals surface area contributed by atoms with Gasteiger partial charge >= 0.3 is 0 Å². The summed E-state index contributed by atoms with van der Waals surface area (Å²) >= 11 is 0. The molecule has 184 valence electrons. The molecule has 1 aliphatic rings. The van der Waals surface area contributed by atoms with Crippen LogP contribution in [-0.2, 0) is 16.0 Å². The van der Waals surface area contributed by atoms with Crippen LogP contribution in [0.3, 0.4) is 0 Å². The van der Waals surface area contributed by atoms with Gasteiger partial charge in [0.05, 0.1) is 36.8 Å². The second kappa shape index (κ2) is 11.4. The van der Waals surface area contributed by atoms with Crippen molar-refractivity contribution in [1.29, 1.82) is 0 Å². The van der Waals surface area contributed by atoms with Crippen LogP contribution in [0.25, 0.3) is 22.4 Å². The normalized spacial score (nSPS) is 15.6. The van der Waals surface area contributed by atoms with Gasteiger partial charge in [-0.15, -0.1) is 0 Å². The Labute approximate surface area is 202 Å². The van der Waals surface area contributed by atoms with Crippen LogP contribution in [0.15, 0.2) is 36.9 Å². The maximum Gasteiger partial charge on any atom is 0.182 e. The molecule has 0 amide bonds. The summed E-state index contributed by atoms with van der Waals surface area (Å²) in [7, 11) is 1.70. The third kappa shape index (κ3) is 6.01. The van der Waals surface area contributed by atoms with Crippen LogP contribution in [0, 0.1) is 25.5 Å². The molecule has 1 saturated heterocycles. The Kier molecular flexibility index (Phi) is 8.04. The van der Waals surface area contributed by atoms with E-state index in [0.717, 1.165) is 37.0 Å². The fraction of sp³-hybridized carbons (Fsp3) is 0.400. The second-order valence-electron chi connectivity index (χ2n) is 8.30. The molecular formula is C25H28F2N6O2. The summed E-state index contributed by atoms with van der Waals surface area (Å²) in [6, 6.07) is 3.34. The lowest BCUT2D eigenvalue weighted by Crippen LogP contribution is -2.11.